The highest BCUT2D eigenvalue weighted by atomic mass is 127. The normalized spacial score (nSPS) is 22.3. The quantitative estimate of drug-likeness (QED) is 0.432. The Bertz CT molecular complexity index is 471. The second kappa shape index (κ2) is 9.46. The van der Waals surface area contributed by atoms with Gasteiger partial charge in [0, 0.05) is 32.2 Å². The molecule has 0 amide bonds. The van der Waals surface area contributed by atoms with Crippen molar-refractivity contribution < 1.29 is 9.26 Å². The minimum absolute atomic E-state index is 0. The van der Waals surface area contributed by atoms with Crippen LogP contribution in [0.15, 0.2) is 21.8 Å². The van der Waals surface area contributed by atoms with Gasteiger partial charge in [-0.1, -0.05) is 25.9 Å². The van der Waals surface area contributed by atoms with E-state index in [-0.39, 0.29) is 35.5 Å². The Kier molecular flexibility index (Phi) is 8.32. The van der Waals surface area contributed by atoms with Gasteiger partial charge >= 0.3 is 0 Å². The smallest absolute Gasteiger partial charge is 0.191 e. The summed E-state index contributed by atoms with van der Waals surface area (Å²) >= 11 is 0. The van der Waals surface area contributed by atoms with Crippen LogP contribution in [0.5, 0.6) is 0 Å². The van der Waals surface area contributed by atoms with Gasteiger partial charge in [0.25, 0.3) is 0 Å². The van der Waals surface area contributed by atoms with Gasteiger partial charge in [0.1, 0.15) is 12.0 Å². The first kappa shape index (κ1) is 20.2. The highest BCUT2D eigenvalue weighted by molar-refractivity contribution is 14.0. The fraction of sp³-hybridized carbons (Fsp3) is 0.750. The summed E-state index contributed by atoms with van der Waals surface area (Å²) < 4.78 is 10.8. The lowest BCUT2D eigenvalue weighted by Gasteiger charge is -2.40. The van der Waals surface area contributed by atoms with Crippen molar-refractivity contribution in [2.75, 3.05) is 20.2 Å². The van der Waals surface area contributed by atoms with Crippen LogP contribution >= 0.6 is 24.0 Å². The number of hydrogen-bond donors (Lipinski definition) is 2. The molecule has 2 rings (SSSR count). The summed E-state index contributed by atoms with van der Waals surface area (Å²) in [7, 11) is 1.77. The molecule has 1 fully saturated rings. The summed E-state index contributed by atoms with van der Waals surface area (Å²) in [5.41, 5.74) is 1.02. The van der Waals surface area contributed by atoms with Crippen LogP contribution in [-0.2, 0) is 11.3 Å². The Morgan fingerprint density at radius 1 is 1.39 bits per heavy atom. The maximum Gasteiger partial charge on any atom is 0.191 e. The van der Waals surface area contributed by atoms with E-state index in [1.807, 2.05) is 6.07 Å². The van der Waals surface area contributed by atoms with Gasteiger partial charge in [-0.3, -0.25) is 4.99 Å². The molecule has 0 saturated carbocycles. The van der Waals surface area contributed by atoms with E-state index < -0.39 is 0 Å². The molecule has 2 unspecified atom stereocenters. The van der Waals surface area contributed by atoms with Crippen LogP contribution < -0.4 is 10.6 Å². The molecule has 7 heteroatoms. The molecule has 23 heavy (non-hydrogen) atoms. The summed E-state index contributed by atoms with van der Waals surface area (Å²) in [6.45, 7) is 9.06. The zero-order valence-electron chi connectivity index (χ0n) is 14.5. The van der Waals surface area contributed by atoms with E-state index in [0.29, 0.717) is 12.5 Å². The Balaban J connectivity index is 0.00000264. The van der Waals surface area contributed by atoms with Crippen molar-refractivity contribution in [2.45, 2.75) is 46.3 Å². The van der Waals surface area contributed by atoms with Gasteiger partial charge < -0.3 is 19.9 Å². The second-order valence-corrected chi connectivity index (χ2v) is 6.86. The third kappa shape index (κ3) is 6.29. The number of hydrogen-bond acceptors (Lipinski definition) is 4. The van der Waals surface area contributed by atoms with Gasteiger partial charge in [0.15, 0.2) is 5.96 Å². The maximum atomic E-state index is 6.02. The zero-order valence-corrected chi connectivity index (χ0v) is 16.8. The molecule has 1 aromatic heterocycles. The Morgan fingerprint density at radius 3 is 2.78 bits per heavy atom. The Hall–Kier alpha value is -0.830. The summed E-state index contributed by atoms with van der Waals surface area (Å²) in [5, 5.41) is 10.5. The molecule has 1 saturated heterocycles. The molecule has 0 aliphatic carbocycles. The number of halogens is 1. The molecule has 1 aliphatic rings. The first-order chi connectivity index (χ1) is 10.5. The van der Waals surface area contributed by atoms with E-state index in [1.165, 1.54) is 6.42 Å². The number of nitrogens with zero attached hydrogens (tertiary/aromatic N) is 2. The van der Waals surface area contributed by atoms with Crippen LogP contribution in [0.25, 0.3) is 0 Å². The van der Waals surface area contributed by atoms with E-state index in [4.69, 9.17) is 9.26 Å². The SMILES string of the molecule is CN=C(NCc1ccon1)NCC1CCCOC1C(C)(C)C.I. The topological polar surface area (TPSA) is 71.7 Å². The molecule has 0 radical (unpaired) electrons. The minimum atomic E-state index is 0. The number of ether oxygens (including phenoxy) is 1. The fourth-order valence-corrected chi connectivity index (χ4v) is 2.96. The lowest BCUT2D eigenvalue weighted by atomic mass is 9.78. The third-order valence-corrected chi connectivity index (χ3v) is 3.98. The van der Waals surface area contributed by atoms with Crippen molar-refractivity contribution in [3.05, 3.63) is 18.0 Å². The van der Waals surface area contributed by atoms with E-state index >= 15 is 0 Å². The monoisotopic (exact) mass is 436 g/mol. The first-order valence-electron chi connectivity index (χ1n) is 7.96. The molecule has 2 heterocycles. The molecular weight excluding hydrogens is 407 g/mol. The summed E-state index contributed by atoms with van der Waals surface area (Å²) in [6.07, 6.45) is 4.17. The predicted octanol–water partition coefficient (Wildman–Crippen LogP) is 2.80. The van der Waals surface area contributed by atoms with Gasteiger partial charge in [-0.05, 0) is 18.3 Å². The molecule has 6 nitrogen and oxygen atoms in total. The highest BCUT2D eigenvalue weighted by Gasteiger charge is 2.35. The molecule has 0 aromatic carbocycles. The molecule has 1 aliphatic heterocycles. The molecular formula is C16H29IN4O2. The predicted molar refractivity (Wildman–Crippen MR) is 102 cm³/mol. The van der Waals surface area contributed by atoms with Crippen molar-refractivity contribution >= 4 is 29.9 Å². The first-order valence-corrected chi connectivity index (χ1v) is 7.96. The van der Waals surface area contributed by atoms with E-state index in [2.05, 4.69) is 41.6 Å². The van der Waals surface area contributed by atoms with E-state index in [0.717, 1.165) is 31.2 Å². The number of nitrogens with one attached hydrogen (secondary N) is 2. The molecule has 0 spiro atoms. The van der Waals surface area contributed by atoms with Gasteiger partial charge in [-0.25, -0.2) is 0 Å². The van der Waals surface area contributed by atoms with E-state index in [9.17, 15) is 0 Å². The van der Waals surface area contributed by atoms with Crippen molar-refractivity contribution in [3.63, 3.8) is 0 Å². The van der Waals surface area contributed by atoms with Crippen LogP contribution in [0.1, 0.15) is 39.3 Å². The van der Waals surface area contributed by atoms with Crippen molar-refractivity contribution in [1.82, 2.24) is 15.8 Å². The van der Waals surface area contributed by atoms with Crippen LogP contribution in [-0.4, -0.2) is 37.4 Å². The lowest BCUT2D eigenvalue weighted by Crippen LogP contribution is -2.47. The van der Waals surface area contributed by atoms with Gasteiger partial charge in [-0.2, -0.15) is 0 Å². The molecule has 2 N–H and O–H groups in total. The van der Waals surface area contributed by atoms with Crippen LogP contribution in [0, 0.1) is 11.3 Å². The second-order valence-electron chi connectivity index (χ2n) is 6.86. The van der Waals surface area contributed by atoms with Gasteiger partial charge in [0.2, 0.25) is 0 Å². The fourth-order valence-electron chi connectivity index (χ4n) is 2.96. The molecule has 2 atom stereocenters. The summed E-state index contributed by atoms with van der Waals surface area (Å²) in [6, 6.07) is 1.84. The third-order valence-electron chi connectivity index (χ3n) is 3.98. The largest absolute Gasteiger partial charge is 0.377 e. The molecule has 1 aromatic rings. The summed E-state index contributed by atoms with van der Waals surface area (Å²) in [4.78, 5) is 4.25. The maximum absolute atomic E-state index is 6.02. The number of rotatable bonds is 4. The van der Waals surface area contributed by atoms with Crippen LogP contribution in [0.4, 0.5) is 0 Å². The van der Waals surface area contributed by atoms with E-state index in [1.54, 1.807) is 13.3 Å². The average Bonchev–Trinajstić information content (AvgIpc) is 3.00. The Labute approximate surface area is 155 Å². The molecule has 0 bridgehead atoms. The summed E-state index contributed by atoms with van der Waals surface area (Å²) in [5.74, 6) is 1.28. The van der Waals surface area contributed by atoms with Gasteiger partial charge in [-0.15, -0.1) is 24.0 Å². The average molecular weight is 436 g/mol. The lowest BCUT2D eigenvalue weighted by molar-refractivity contribution is -0.0835. The number of aromatic nitrogens is 1. The standard InChI is InChI=1S/C16H28N4O2.HI/c1-16(2,3)14-12(6-5-8-21-14)10-18-15(17-4)19-11-13-7-9-22-20-13;/h7,9,12,14H,5-6,8,10-11H2,1-4H3,(H2,17,18,19);1H. The van der Waals surface area contributed by atoms with Gasteiger partial charge in [0.05, 0.1) is 12.6 Å². The number of guanidine groups is 1. The zero-order chi connectivity index (χ0) is 16.0. The van der Waals surface area contributed by atoms with Crippen LogP contribution in [0.3, 0.4) is 0 Å². The minimum Gasteiger partial charge on any atom is -0.377 e. The Morgan fingerprint density at radius 2 is 2.17 bits per heavy atom. The van der Waals surface area contributed by atoms with Crippen LogP contribution in [0.2, 0.25) is 0 Å². The van der Waals surface area contributed by atoms with Crippen molar-refractivity contribution in [2.24, 2.45) is 16.3 Å². The highest BCUT2D eigenvalue weighted by Crippen LogP contribution is 2.33. The van der Waals surface area contributed by atoms with Crippen molar-refractivity contribution in [3.8, 4) is 0 Å². The van der Waals surface area contributed by atoms with Crippen molar-refractivity contribution in [1.29, 1.82) is 0 Å². The molecule has 132 valence electrons. The number of aliphatic imine (C=N–C) groups is 1.